The quantitative estimate of drug-likeness (QED) is 0.901. The minimum absolute atomic E-state index is 0.228. The molecule has 2 rings (SSSR count). The fraction of sp³-hybridized carbons (Fsp3) is 0.200. The fourth-order valence-corrected chi connectivity index (χ4v) is 1.58. The lowest BCUT2D eigenvalue weighted by Crippen LogP contribution is -2.27. The van der Waals surface area contributed by atoms with Crippen LogP contribution in [0.15, 0.2) is 22.7 Å². The summed E-state index contributed by atoms with van der Waals surface area (Å²) in [5.74, 6) is -0.533. The van der Waals surface area contributed by atoms with E-state index in [0.29, 0.717) is 10.3 Å². The Labute approximate surface area is 110 Å². The molecular weight excluding hydrogens is 305 g/mol. The first-order chi connectivity index (χ1) is 8.58. The Kier molecular flexibility index (Phi) is 3.66. The molecule has 0 aliphatic rings. The van der Waals surface area contributed by atoms with Crippen molar-refractivity contribution >= 4 is 21.8 Å². The van der Waals surface area contributed by atoms with E-state index in [1.54, 1.807) is 6.92 Å². The lowest BCUT2D eigenvalue weighted by Gasteiger charge is -2.10. The summed E-state index contributed by atoms with van der Waals surface area (Å²) < 4.78 is 13.6. The number of aromatic amines is 1. The maximum absolute atomic E-state index is 13.3. The standard InChI is InChI=1S/C10H9BrFN5O/c1-5(9-14-16-17-15-9)13-10(18)6-2-3-7(11)8(12)4-6/h2-5H,1H3,(H,13,18)(H,14,15,16,17). The van der Waals surface area contributed by atoms with Crippen molar-refractivity contribution in [3.8, 4) is 0 Å². The highest BCUT2D eigenvalue weighted by atomic mass is 79.9. The second-order valence-electron chi connectivity index (χ2n) is 3.59. The maximum Gasteiger partial charge on any atom is 0.251 e. The molecule has 0 radical (unpaired) electrons. The summed E-state index contributed by atoms with van der Waals surface area (Å²) in [4.78, 5) is 11.8. The average Bonchev–Trinajstić information content (AvgIpc) is 2.86. The van der Waals surface area contributed by atoms with Gasteiger partial charge in [-0.15, -0.1) is 10.2 Å². The summed E-state index contributed by atoms with van der Waals surface area (Å²) in [5, 5.41) is 15.8. The molecule has 0 fully saturated rings. The van der Waals surface area contributed by atoms with Crippen LogP contribution in [0.5, 0.6) is 0 Å². The van der Waals surface area contributed by atoms with Gasteiger partial charge in [0, 0.05) is 5.56 Å². The van der Waals surface area contributed by atoms with Crippen molar-refractivity contribution in [2.45, 2.75) is 13.0 Å². The van der Waals surface area contributed by atoms with Crippen molar-refractivity contribution in [1.29, 1.82) is 0 Å². The fourth-order valence-electron chi connectivity index (χ4n) is 1.33. The molecule has 0 saturated carbocycles. The summed E-state index contributed by atoms with van der Waals surface area (Å²) in [5.41, 5.74) is 0.228. The molecule has 1 aromatic heterocycles. The molecule has 8 heteroatoms. The molecule has 6 nitrogen and oxygen atoms in total. The van der Waals surface area contributed by atoms with Gasteiger partial charge in [0.25, 0.3) is 5.91 Å². The second kappa shape index (κ2) is 5.21. The molecule has 1 amide bonds. The zero-order chi connectivity index (χ0) is 13.1. The van der Waals surface area contributed by atoms with Crippen LogP contribution in [-0.2, 0) is 0 Å². The Bertz CT molecular complexity index is 559. The monoisotopic (exact) mass is 313 g/mol. The zero-order valence-electron chi connectivity index (χ0n) is 9.32. The van der Waals surface area contributed by atoms with Gasteiger partial charge in [0.15, 0.2) is 5.82 Å². The summed E-state index contributed by atoms with van der Waals surface area (Å²) >= 11 is 3.02. The molecule has 0 aliphatic heterocycles. The van der Waals surface area contributed by atoms with Gasteiger partial charge in [0.1, 0.15) is 5.82 Å². The number of halogens is 2. The van der Waals surface area contributed by atoms with Crippen molar-refractivity contribution in [2.75, 3.05) is 0 Å². The topological polar surface area (TPSA) is 83.6 Å². The van der Waals surface area contributed by atoms with Gasteiger partial charge in [0.2, 0.25) is 0 Å². The van der Waals surface area contributed by atoms with Crippen LogP contribution >= 0.6 is 15.9 Å². The number of carbonyl (C=O) groups excluding carboxylic acids is 1. The minimum Gasteiger partial charge on any atom is -0.342 e. The van der Waals surface area contributed by atoms with Gasteiger partial charge in [0.05, 0.1) is 10.5 Å². The number of nitrogens with zero attached hydrogens (tertiary/aromatic N) is 3. The first-order valence-corrected chi connectivity index (χ1v) is 5.86. The Morgan fingerprint density at radius 3 is 2.94 bits per heavy atom. The van der Waals surface area contributed by atoms with Gasteiger partial charge in [-0.25, -0.2) is 4.39 Å². The van der Waals surface area contributed by atoms with Crippen LogP contribution in [0, 0.1) is 5.82 Å². The lowest BCUT2D eigenvalue weighted by atomic mass is 10.2. The Hall–Kier alpha value is -1.83. The summed E-state index contributed by atoms with van der Waals surface area (Å²) in [6.45, 7) is 1.71. The highest BCUT2D eigenvalue weighted by Gasteiger charge is 2.15. The predicted octanol–water partition coefficient (Wildman–Crippen LogP) is 1.59. The smallest absolute Gasteiger partial charge is 0.251 e. The number of tetrazole rings is 1. The van der Waals surface area contributed by atoms with Gasteiger partial charge < -0.3 is 5.32 Å². The molecule has 94 valence electrons. The molecule has 18 heavy (non-hydrogen) atoms. The Balaban J connectivity index is 2.10. The third-order valence-corrected chi connectivity index (χ3v) is 2.92. The highest BCUT2D eigenvalue weighted by Crippen LogP contribution is 2.17. The first-order valence-electron chi connectivity index (χ1n) is 5.07. The van der Waals surface area contributed by atoms with Crippen LogP contribution in [0.2, 0.25) is 0 Å². The van der Waals surface area contributed by atoms with Crippen molar-refractivity contribution in [3.05, 3.63) is 39.9 Å². The molecule has 0 spiro atoms. The van der Waals surface area contributed by atoms with E-state index in [1.807, 2.05) is 0 Å². The van der Waals surface area contributed by atoms with Crippen LogP contribution in [0.25, 0.3) is 0 Å². The minimum atomic E-state index is -0.491. The van der Waals surface area contributed by atoms with Crippen molar-refractivity contribution in [3.63, 3.8) is 0 Å². The Morgan fingerprint density at radius 1 is 1.56 bits per heavy atom. The van der Waals surface area contributed by atoms with Crippen LogP contribution in [0.1, 0.15) is 29.1 Å². The number of H-pyrrole nitrogens is 1. The third kappa shape index (κ3) is 2.70. The molecule has 2 N–H and O–H groups in total. The number of hydrogen-bond donors (Lipinski definition) is 2. The van der Waals surface area contributed by atoms with E-state index in [4.69, 9.17) is 0 Å². The number of benzene rings is 1. The largest absolute Gasteiger partial charge is 0.342 e. The van der Waals surface area contributed by atoms with Crippen molar-refractivity contribution in [1.82, 2.24) is 25.9 Å². The van der Waals surface area contributed by atoms with Crippen LogP contribution in [-0.4, -0.2) is 26.5 Å². The number of rotatable bonds is 3. The number of aromatic nitrogens is 4. The van der Waals surface area contributed by atoms with Crippen molar-refractivity contribution < 1.29 is 9.18 Å². The predicted molar refractivity (Wildman–Crippen MR) is 64.2 cm³/mol. The molecule has 2 aromatic rings. The highest BCUT2D eigenvalue weighted by molar-refractivity contribution is 9.10. The van der Waals surface area contributed by atoms with Gasteiger partial charge in [-0.3, -0.25) is 4.79 Å². The normalized spacial score (nSPS) is 12.2. The van der Waals surface area contributed by atoms with E-state index in [1.165, 1.54) is 12.1 Å². The Morgan fingerprint density at radius 2 is 2.33 bits per heavy atom. The zero-order valence-corrected chi connectivity index (χ0v) is 10.9. The van der Waals surface area contributed by atoms with Gasteiger partial charge in [-0.1, -0.05) is 5.21 Å². The lowest BCUT2D eigenvalue weighted by molar-refractivity contribution is 0.0938. The number of nitrogens with one attached hydrogen (secondary N) is 2. The van der Waals surface area contributed by atoms with E-state index in [-0.39, 0.29) is 5.56 Å². The van der Waals surface area contributed by atoms with E-state index in [9.17, 15) is 9.18 Å². The van der Waals surface area contributed by atoms with Gasteiger partial charge in [-0.2, -0.15) is 5.21 Å². The third-order valence-electron chi connectivity index (χ3n) is 2.28. The van der Waals surface area contributed by atoms with Gasteiger partial charge >= 0.3 is 0 Å². The molecule has 1 aromatic carbocycles. The van der Waals surface area contributed by atoms with Gasteiger partial charge in [-0.05, 0) is 41.1 Å². The average molecular weight is 314 g/mol. The summed E-state index contributed by atoms with van der Waals surface area (Å²) in [6, 6.07) is 3.74. The summed E-state index contributed by atoms with van der Waals surface area (Å²) in [7, 11) is 0. The van der Waals surface area contributed by atoms with Crippen LogP contribution < -0.4 is 5.32 Å². The van der Waals surface area contributed by atoms with E-state index < -0.39 is 17.8 Å². The number of amides is 1. The molecule has 0 saturated heterocycles. The van der Waals surface area contributed by atoms with E-state index in [0.717, 1.165) is 6.07 Å². The molecule has 0 bridgehead atoms. The van der Waals surface area contributed by atoms with Crippen molar-refractivity contribution in [2.24, 2.45) is 0 Å². The maximum atomic E-state index is 13.3. The SMILES string of the molecule is CC(NC(=O)c1ccc(Br)c(F)c1)c1nn[nH]n1. The van der Waals surface area contributed by atoms with Crippen LogP contribution in [0.4, 0.5) is 4.39 Å². The van der Waals surface area contributed by atoms with E-state index >= 15 is 0 Å². The first kappa shape index (κ1) is 12.6. The van der Waals surface area contributed by atoms with Crippen LogP contribution in [0.3, 0.4) is 0 Å². The molecule has 1 unspecified atom stereocenters. The van der Waals surface area contributed by atoms with E-state index in [2.05, 4.69) is 41.9 Å². The molecule has 1 atom stereocenters. The molecule has 0 aliphatic carbocycles. The molecular formula is C10H9BrFN5O. The molecule has 1 heterocycles. The number of carbonyl (C=O) groups is 1. The number of hydrogen-bond acceptors (Lipinski definition) is 4. The second-order valence-corrected chi connectivity index (χ2v) is 4.45. The summed E-state index contributed by atoms with van der Waals surface area (Å²) in [6.07, 6.45) is 0.